The first-order chi connectivity index (χ1) is 10.2. The van der Waals surface area contributed by atoms with Crippen molar-refractivity contribution in [3.63, 3.8) is 0 Å². The van der Waals surface area contributed by atoms with E-state index in [9.17, 15) is 4.79 Å². The van der Waals surface area contributed by atoms with Gasteiger partial charge < -0.3 is 15.4 Å². The van der Waals surface area contributed by atoms with E-state index in [-0.39, 0.29) is 5.91 Å². The normalized spacial score (nSPS) is 10.4. The fraction of sp³-hybridized carbons (Fsp3) is 0.357. The molecule has 1 aromatic carbocycles. The highest BCUT2D eigenvalue weighted by Crippen LogP contribution is 2.18. The topological polar surface area (TPSA) is 76.1 Å². The lowest BCUT2D eigenvalue weighted by molar-refractivity contribution is 0.102. The van der Waals surface area contributed by atoms with Gasteiger partial charge in [-0.15, -0.1) is 10.2 Å². The van der Waals surface area contributed by atoms with Crippen LogP contribution < -0.4 is 10.6 Å². The van der Waals surface area contributed by atoms with Crippen LogP contribution in [0.4, 0.5) is 10.8 Å². The van der Waals surface area contributed by atoms with E-state index in [1.165, 1.54) is 11.3 Å². The van der Waals surface area contributed by atoms with E-state index in [1.807, 2.05) is 24.3 Å². The number of nitrogens with zero attached hydrogens (tertiary/aromatic N) is 2. The summed E-state index contributed by atoms with van der Waals surface area (Å²) in [5.74, 6) is -0.258. The van der Waals surface area contributed by atoms with Gasteiger partial charge in [-0.2, -0.15) is 0 Å². The zero-order valence-electron chi connectivity index (χ0n) is 12.0. The molecular formula is C14H18N4O2S. The van der Waals surface area contributed by atoms with Gasteiger partial charge in [-0.1, -0.05) is 30.4 Å². The number of carbonyl (C=O) groups is 1. The number of hydrogen-bond acceptors (Lipinski definition) is 6. The summed E-state index contributed by atoms with van der Waals surface area (Å²) in [6.07, 6.45) is 0.993. The smallest absolute Gasteiger partial charge is 0.286 e. The summed E-state index contributed by atoms with van der Waals surface area (Å²) in [7, 11) is 1.64. The van der Waals surface area contributed by atoms with Crippen molar-refractivity contribution in [3.05, 3.63) is 34.8 Å². The van der Waals surface area contributed by atoms with E-state index in [1.54, 1.807) is 7.11 Å². The first kappa shape index (κ1) is 15.4. The fourth-order valence-electron chi connectivity index (χ4n) is 1.71. The third-order valence-electron chi connectivity index (χ3n) is 2.64. The van der Waals surface area contributed by atoms with Crippen molar-refractivity contribution in [2.45, 2.75) is 20.0 Å². The van der Waals surface area contributed by atoms with Crippen LogP contribution in [-0.4, -0.2) is 29.8 Å². The Kier molecular flexibility index (Phi) is 5.65. The molecule has 2 rings (SSSR count). The van der Waals surface area contributed by atoms with Gasteiger partial charge in [0.25, 0.3) is 5.91 Å². The van der Waals surface area contributed by atoms with Crippen LogP contribution in [0.25, 0.3) is 0 Å². The number of aromatic nitrogens is 2. The summed E-state index contributed by atoms with van der Waals surface area (Å²) < 4.78 is 5.07. The maximum atomic E-state index is 12.1. The third-order valence-corrected chi connectivity index (χ3v) is 3.52. The van der Waals surface area contributed by atoms with E-state index < -0.39 is 0 Å². The van der Waals surface area contributed by atoms with Gasteiger partial charge in [0.15, 0.2) is 0 Å². The van der Waals surface area contributed by atoms with Gasteiger partial charge in [0.2, 0.25) is 10.1 Å². The molecule has 2 N–H and O–H groups in total. The molecular weight excluding hydrogens is 288 g/mol. The molecule has 0 aliphatic carbocycles. The number of anilines is 2. The molecule has 0 spiro atoms. The van der Waals surface area contributed by atoms with E-state index in [0.717, 1.165) is 18.5 Å². The minimum absolute atomic E-state index is 0.258. The van der Waals surface area contributed by atoms with Gasteiger partial charge in [0, 0.05) is 19.3 Å². The van der Waals surface area contributed by atoms with Gasteiger partial charge in [0.05, 0.1) is 6.61 Å². The summed E-state index contributed by atoms with van der Waals surface area (Å²) in [6, 6.07) is 7.52. The van der Waals surface area contributed by atoms with Crippen molar-refractivity contribution in [1.82, 2.24) is 10.2 Å². The van der Waals surface area contributed by atoms with E-state index in [0.29, 0.717) is 22.4 Å². The average Bonchev–Trinajstić information content (AvgIpc) is 2.95. The molecule has 6 nitrogen and oxygen atoms in total. The number of ether oxygens (including phenoxy) is 1. The van der Waals surface area contributed by atoms with Crippen LogP contribution in [0.2, 0.25) is 0 Å². The first-order valence-electron chi connectivity index (χ1n) is 6.69. The largest absolute Gasteiger partial charge is 0.380 e. The highest BCUT2D eigenvalue weighted by Gasteiger charge is 2.13. The molecule has 2 aromatic rings. The summed E-state index contributed by atoms with van der Waals surface area (Å²) in [6.45, 7) is 3.39. The lowest BCUT2D eigenvalue weighted by Gasteiger charge is -2.05. The molecule has 0 unspecified atom stereocenters. The minimum atomic E-state index is -0.258. The van der Waals surface area contributed by atoms with Crippen LogP contribution in [0.15, 0.2) is 24.3 Å². The number of benzene rings is 1. The Labute approximate surface area is 127 Å². The fourth-order valence-corrected chi connectivity index (χ4v) is 2.37. The molecule has 0 saturated carbocycles. The second-order valence-electron chi connectivity index (χ2n) is 4.43. The molecule has 21 heavy (non-hydrogen) atoms. The number of methoxy groups -OCH3 is 1. The van der Waals surface area contributed by atoms with Crippen molar-refractivity contribution in [2.75, 3.05) is 24.3 Å². The van der Waals surface area contributed by atoms with Crippen LogP contribution in [0.3, 0.4) is 0 Å². The van der Waals surface area contributed by atoms with Crippen molar-refractivity contribution in [3.8, 4) is 0 Å². The lowest BCUT2D eigenvalue weighted by atomic mass is 10.2. The first-order valence-corrected chi connectivity index (χ1v) is 7.51. The Hall–Kier alpha value is -1.99. The molecule has 0 saturated heterocycles. The molecule has 0 fully saturated rings. The number of amides is 1. The quantitative estimate of drug-likeness (QED) is 0.822. The molecule has 7 heteroatoms. The molecule has 1 amide bonds. The molecule has 112 valence electrons. The van der Waals surface area contributed by atoms with Gasteiger partial charge in [0.1, 0.15) is 0 Å². The number of hydrogen-bond donors (Lipinski definition) is 2. The number of nitrogens with one attached hydrogen (secondary N) is 2. The van der Waals surface area contributed by atoms with E-state index >= 15 is 0 Å². The SMILES string of the molecule is CCCNc1nnc(C(=O)Nc2cccc(COC)c2)s1. The average molecular weight is 306 g/mol. The standard InChI is InChI=1S/C14H18N4O2S/c1-3-7-15-14-18-17-13(21-14)12(19)16-11-6-4-5-10(8-11)9-20-2/h4-6,8H,3,7,9H2,1-2H3,(H,15,18)(H,16,19). The zero-order chi connectivity index (χ0) is 15.1. The molecule has 0 aliphatic heterocycles. The Balaban J connectivity index is 2.00. The molecule has 0 bridgehead atoms. The van der Waals surface area contributed by atoms with Crippen LogP contribution in [-0.2, 0) is 11.3 Å². The Morgan fingerprint density at radius 1 is 1.38 bits per heavy atom. The third kappa shape index (κ3) is 4.51. The van der Waals surface area contributed by atoms with Gasteiger partial charge in [-0.05, 0) is 24.1 Å². The molecule has 1 aromatic heterocycles. The van der Waals surface area contributed by atoms with Crippen molar-refractivity contribution in [1.29, 1.82) is 0 Å². The van der Waals surface area contributed by atoms with Crippen LogP contribution >= 0.6 is 11.3 Å². The van der Waals surface area contributed by atoms with Gasteiger partial charge >= 0.3 is 0 Å². The molecule has 1 heterocycles. The van der Waals surface area contributed by atoms with Crippen LogP contribution in [0.1, 0.15) is 28.7 Å². The second-order valence-corrected chi connectivity index (χ2v) is 5.40. The maximum Gasteiger partial charge on any atom is 0.286 e. The van der Waals surface area contributed by atoms with Crippen LogP contribution in [0, 0.1) is 0 Å². The predicted molar refractivity (Wildman–Crippen MR) is 83.8 cm³/mol. The van der Waals surface area contributed by atoms with Crippen molar-refractivity contribution in [2.24, 2.45) is 0 Å². The molecule has 0 atom stereocenters. The monoisotopic (exact) mass is 306 g/mol. The Bertz CT molecular complexity index is 600. The van der Waals surface area contributed by atoms with E-state index in [2.05, 4.69) is 27.8 Å². The maximum absolute atomic E-state index is 12.1. The van der Waals surface area contributed by atoms with Crippen molar-refractivity contribution < 1.29 is 9.53 Å². The zero-order valence-corrected chi connectivity index (χ0v) is 12.9. The number of carbonyl (C=O) groups excluding carboxylic acids is 1. The Morgan fingerprint density at radius 3 is 3.00 bits per heavy atom. The van der Waals surface area contributed by atoms with Gasteiger partial charge in [-0.25, -0.2) is 0 Å². The van der Waals surface area contributed by atoms with Crippen molar-refractivity contribution >= 4 is 28.1 Å². The highest BCUT2D eigenvalue weighted by atomic mass is 32.1. The summed E-state index contributed by atoms with van der Waals surface area (Å²) in [5.41, 5.74) is 1.71. The highest BCUT2D eigenvalue weighted by molar-refractivity contribution is 7.17. The predicted octanol–water partition coefficient (Wildman–Crippen LogP) is 2.76. The van der Waals surface area contributed by atoms with Gasteiger partial charge in [-0.3, -0.25) is 4.79 Å². The summed E-state index contributed by atoms with van der Waals surface area (Å²) >= 11 is 1.24. The summed E-state index contributed by atoms with van der Waals surface area (Å²) in [5, 5.41) is 14.8. The molecule has 0 radical (unpaired) electrons. The summed E-state index contributed by atoms with van der Waals surface area (Å²) in [4.78, 5) is 12.1. The van der Waals surface area contributed by atoms with Crippen LogP contribution in [0.5, 0.6) is 0 Å². The Morgan fingerprint density at radius 2 is 2.24 bits per heavy atom. The van der Waals surface area contributed by atoms with E-state index in [4.69, 9.17) is 4.74 Å². The minimum Gasteiger partial charge on any atom is -0.380 e. The molecule has 0 aliphatic rings. The number of rotatable bonds is 7. The second kappa shape index (κ2) is 7.70. The lowest BCUT2D eigenvalue weighted by Crippen LogP contribution is -2.11.